The SMILES string of the molecule is CCCCCCCCCCCCCCCCCCOP(=O)(O)OC[C@H]1O[C@@H](Nc2cc[nH]c(=O)n2)[C@@H](O)[C@@H]1O. The largest absolute Gasteiger partial charge is 0.472 e. The number of rotatable bonds is 23. The number of aliphatic hydroxyl groups is 2. The molecule has 1 fully saturated rings. The Balaban J connectivity index is 1.45. The summed E-state index contributed by atoms with van der Waals surface area (Å²) in [5, 5.41) is 23.1. The summed E-state index contributed by atoms with van der Waals surface area (Å²) in [6.07, 6.45) is 16.4. The highest BCUT2D eigenvalue weighted by Gasteiger charge is 2.44. The topological polar surface area (TPSA) is 163 Å². The van der Waals surface area contributed by atoms with Gasteiger partial charge in [-0.05, 0) is 12.5 Å². The second-order valence-corrected chi connectivity index (χ2v) is 11.9. The van der Waals surface area contributed by atoms with Crippen LogP contribution in [0.25, 0.3) is 0 Å². The summed E-state index contributed by atoms with van der Waals surface area (Å²) in [4.78, 5) is 27.3. The van der Waals surface area contributed by atoms with Gasteiger partial charge in [0.25, 0.3) is 0 Å². The van der Waals surface area contributed by atoms with Crippen molar-refractivity contribution in [3.63, 3.8) is 0 Å². The first-order valence-electron chi connectivity index (χ1n) is 14.8. The fourth-order valence-corrected chi connectivity index (χ4v) is 5.41. The van der Waals surface area contributed by atoms with Crippen molar-refractivity contribution in [2.45, 2.75) is 134 Å². The number of hydrogen-bond acceptors (Lipinski definition) is 9. The van der Waals surface area contributed by atoms with Gasteiger partial charge in [-0.1, -0.05) is 103 Å². The lowest BCUT2D eigenvalue weighted by Crippen LogP contribution is -2.37. The standard InChI is InChI=1S/C27H50N3O8P/c1-2-3-4-5-6-7-8-9-10-11-12-13-14-15-16-17-20-36-39(34,35)37-21-22-24(31)25(32)26(38-22)29-23-18-19-28-27(33)30-23/h18-19,22,24-26,31-32H,2-17,20-21H2,1H3,(H,34,35)(H2,28,29,30,33)/t22-,24-,25+,26-/m1/s1. The van der Waals surface area contributed by atoms with Crippen LogP contribution in [-0.4, -0.2) is 62.8 Å². The number of phosphoric acid groups is 1. The third-order valence-electron chi connectivity index (χ3n) is 6.98. The maximum atomic E-state index is 12.2. The number of aromatic amines is 1. The van der Waals surface area contributed by atoms with E-state index in [1.807, 2.05) is 0 Å². The summed E-state index contributed by atoms with van der Waals surface area (Å²) in [5.74, 6) is 0.145. The molecule has 0 bridgehead atoms. The molecule has 0 aliphatic carbocycles. The number of aliphatic hydroxyl groups excluding tert-OH is 2. The van der Waals surface area contributed by atoms with Crippen molar-refractivity contribution in [3.8, 4) is 0 Å². The molecule has 0 radical (unpaired) electrons. The minimum Gasteiger partial charge on any atom is -0.387 e. The zero-order chi connectivity index (χ0) is 28.3. The van der Waals surface area contributed by atoms with E-state index in [-0.39, 0.29) is 12.4 Å². The van der Waals surface area contributed by atoms with E-state index in [9.17, 15) is 24.5 Å². The van der Waals surface area contributed by atoms with Crippen molar-refractivity contribution in [1.82, 2.24) is 9.97 Å². The molecule has 11 nitrogen and oxygen atoms in total. The molecule has 1 aliphatic heterocycles. The molecular weight excluding hydrogens is 525 g/mol. The van der Waals surface area contributed by atoms with E-state index in [1.54, 1.807) is 0 Å². The minimum absolute atomic E-state index is 0.0985. The summed E-state index contributed by atoms with van der Waals surface area (Å²) >= 11 is 0. The van der Waals surface area contributed by atoms with Gasteiger partial charge in [0, 0.05) is 6.20 Å². The van der Waals surface area contributed by atoms with E-state index >= 15 is 0 Å². The van der Waals surface area contributed by atoms with Crippen molar-refractivity contribution in [1.29, 1.82) is 0 Å². The highest BCUT2D eigenvalue weighted by molar-refractivity contribution is 7.47. The number of phosphoric ester groups is 1. The van der Waals surface area contributed by atoms with Crippen LogP contribution in [0, 0.1) is 0 Å². The monoisotopic (exact) mass is 575 g/mol. The van der Waals surface area contributed by atoms with Crippen LogP contribution in [0.3, 0.4) is 0 Å². The fraction of sp³-hybridized carbons (Fsp3) is 0.852. The smallest absolute Gasteiger partial charge is 0.387 e. The molecule has 12 heteroatoms. The highest BCUT2D eigenvalue weighted by atomic mass is 31.2. The number of anilines is 1. The molecule has 39 heavy (non-hydrogen) atoms. The van der Waals surface area contributed by atoms with Gasteiger partial charge in [0.15, 0.2) is 6.23 Å². The number of nitrogens with zero attached hydrogens (tertiary/aromatic N) is 1. The number of ether oxygens (including phenoxy) is 1. The molecule has 0 aromatic carbocycles. The number of hydrogen-bond donors (Lipinski definition) is 5. The average molecular weight is 576 g/mol. The van der Waals surface area contributed by atoms with Crippen molar-refractivity contribution >= 4 is 13.6 Å². The molecule has 1 unspecified atom stereocenters. The maximum Gasteiger partial charge on any atom is 0.472 e. The Morgan fingerprint density at radius 3 is 1.97 bits per heavy atom. The average Bonchev–Trinajstić information content (AvgIpc) is 3.17. The van der Waals surface area contributed by atoms with Crippen LogP contribution in [0.15, 0.2) is 17.1 Å². The minimum atomic E-state index is -4.32. The third-order valence-corrected chi connectivity index (χ3v) is 7.96. The zero-order valence-electron chi connectivity index (χ0n) is 23.5. The quantitative estimate of drug-likeness (QED) is 0.0884. The lowest BCUT2D eigenvalue weighted by atomic mass is 10.0. The van der Waals surface area contributed by atoms with Crippen molar-refractivity contribution in [2.24, 2.45) is 0 Å². The molecule has 1 aromatic rings. The molecule has 5 atom stereocenters. The highest BCUT2D eigenvalue weighted by Crippen LogP contribution is 2.44. The predicted molar refractivity (Wildman–Crippen MR) is 150 cm³/mol. The molecule has 0 spiro atoms. The molecular formula is C27H50N3O8P. The van der Waals surface area contributed by atoms with Crippen LogP contribution < -0.4 is 11.0 Å². The van der Waals surface area contributed by atoms with Crippen LogP contribution in [0.4, 0.5) is 5.82 Å². The van der Waals surface area contributed by atoms with E-state index in [2.05, 4.69) is 22.2 Å². The Kier molecular flexibility index (Phi) is 17.1. The number of nitrogens with one attached hydrogen (secondary N) is 2. The second-order valence-electron chi connectivity index (χ2n) is 10.4. The van der Waals surface area contributed by atoms with Gasteiger partial charge < -0.3 is 30.1 Å². The molecule has 2 rings (SSSR count). The van der Waals surface area contributed by atoms with Crippen molar-refractivity contribution in [2.75, 3.05) is 18.5 Å². The summed E-state index contributed by atoms with van der Waals surface area (Å²) in [7, 11) is -4.32. The molecule has 5 N–H and O–H groups in total. The van der Waals surface area contributed by atoms with Gasteiger partial charge in [-0.2, -0.15) is 4.98 Å². The van der Waals surface area contributed by atoms with Gasteiger partial charge in [0.05, 0.1) is 13.2 Å². The first-order chi connectivity index (χ1) is 18.8. The van der Waals surface area contributed by atoms with E-state index in [4.69, 9.17) is 13.8 Å². The van der Waals surface area contributed by atoms with E-state index < -0.39 is 44.7 Å². The summed E-state index contributed by atoms with van der Waals surface area (Å²) in [5.41, 5.74) is -0.587. The zero-order valence-corrected chi connectivity index (χ0v) is 24.4. The normalized spacial score (nSPS) is 22.7. The molecule has 2 heterocycles. The van der Waals surface area contributed by atoms with E-state index in [0.29, 0.717) is 6.42 Å². The molecule has 1 aliphatic rings. The van der Waals surface area contributed by atoms with Crippen LogP contribution >= 0.6 is 7.82 Å². The lowest BCUT2D eigenvalue weighted by Gasteiger charge is -2.17. The summed E-state index contributed by atoms with van der Waals surface area (Å²) < 4.78 is 27.7. The van der Waals surface area contributed by atoms with Gasteiger partial charge in [0.2, 0.25) is 0 Å². The van der Waals surface area contributed by atoms with Crippen LogP contribution in [-0.2, 0) is 18.3 Å². The molecule has 0 saturated carbocycles. The van der Waals surface area contributed by atoms with Crippen molar-refractivity contribution < 1.29 is 33.5 Å². The number of aromatic nitrogens is 2. The Bertz CT molecular complexity index is 873. The number of H-pyrrole nitrogens is 1. The van der Waals surface area contributed by atoms with Crippen LogP contribution in [0.1, 0.15) is 110 Å². The van der Waals surface area contributed by atoms with E-state index in [0.717, 1.165) is 19.3 Å². The van der Waals surface area contributed by atoms with Gasteiger partial charge in [0.1, 0.15) is 24.1 Å². The fourth-order valence-electron chi connectivity index (χ4n) is 4.64. The molecule has 0 amide bonds. The lowest BCUT2D eigenvalue weighted by molar-refractivity contribution is -0.0175. The Morgan fingerprint density at radius 2 is 1.44 bits per heavy atom. The van der Waals surface area contributed by atoms with Crippen LogP contribution in [0.5, 0.6) is 0 Å². The second kappa shape index (κ2) is 19.7. The first-order valence-corrected chi connectivity index (χ1v) is 16.3. The number of unbranched alkanes of at least 4 members (excludes halogenated alkanes) is 15. The summed E-state index contributed by atoms with van der Waals surface area (Å²) in [6.45, 7) is 1.90. The Hall–Kier alpha value is -1.33. The van der Waals surface area contributed by atoms with Crippen molar-refractivity contribution in [3.05, 3.63) is 22.7 Å². The van der Waals surface area contributed by atoms with E-state index in [1.165, 1.54) is 89.3 Å². The Morgan fingerprint density at radius 1 is 0.897 bits per heavy atom. The van der Waals surface area contributed by atoms with Gasteiger partial charge in [-0.3, -0.25) is 9.05 Å². The predicted octanol–water partition coefficient (Wildman–Crippen LogP) is 5.02. The third kappa shape index (κ3) is 14.7. The molecule has 226 valence electrons. The first kappa shape index (κ1) is 33.9. The van der Waals surface area contributed by atoms with Gasteiger partial charge in [-0.25, -0.2) is 9.36 Å². The van der Waals surface area contributed by atoms with Gasteiger partial charge >= 0.3 is 13.5 Å². The molecule has 1 aromatic heterocycles. The maximum absolute atomic E-state index is 12.2. The molecule has 1 saturated heterocycles. The summed E-state index contributed by atoms with van der Waals surface area (Å²) in [6, 6.07) is 1.46. The van der Waals surface area contributed by atoms with Gasteiger partial charge in [-0.15, -0.1) is 0 Å². The Labute approximate surface area is 232 Å². The van der Waals surface area contributed by atoms with Crippen LogP contribution in [0.2, 0.25) is 0 Å².